The highest BCUT2D eigenvalue weighted by atomic mass is 32.2. The molecule has 0 N–H and O–H groups in total. The Morgan fingerprint density at radius 1 is 1.13 bits per heavy atom. The lowest BCUT2D eigenvalue weighted by Crippen LogP contribution is -2.49. The molecule has 1 aromatic carbocycles. The zero-order valence-corrected chi connectivity index (χ0v) is 18.4. The van der Waals surface area contributed by atoms with Crippen LogP contribution < -0.4 is 4.90 Å². The van der Waals surface area contributed by atoms with Crippen LogP contribution in [-0.2, 0) is 30.8 Å². The minimum atomic E-state index is -3.70. The van der Waals surface area contributed by atoms with Gasteiger partial charge in [-0.1, -0.05) is 0 Å². The van der Waals surface area contributed by atoms with E-state index in [2.05, 4.69) is 0 Å². The van der Waals surface area contributed by atoms with E-state index in [1.165, 1.54) is 11.2 Å². The first-order chi connectivity index (χ1) is 14.3. The molecule has 0 aromatic heterocycles. The number of anilines is 1. The minimum absolute atomic E-state index is 0.0148. The number of ether oxygens (including phenoxy) is 1. The second-order valence-corrected chi connectivity index (χ2v) is 10.3. The number of nitrogens with zero attached hydrogens (tertiary/aromatic N) is 3. The molecule has 0 bridgehead atoms. The van der Waals surface area contributed by atoms with Crippen LogP contribution in [0.15, 0.2) is 23.1 Å². The Hall–Kier alpha value is -1.97. The Morgan fingerprint density at radius 3 is 2.57 bits per heavy atom. The van der Waals surface area contributed by atoms with E-state index in [-0.39, 0.29) is 35.2 Å². The van der Waals surface area contributed by atoms with Crippen molar-refractivity contribution in [2.24, 2.45) is 5.92 Å². The van der Waals surface area contributed by atoms with Crippen molar-refractivity contribution >= 4 is 27.5 Å². The number of hydrogen-bond acceptors (Lipinski definition) is 5. The molecule has 30 heavy (non-hydrogen) atoms. The molecular weight excluding hydrogens is 406 g/mol. The first-order valence-electron chi connectivity index (χ1n) is 10.6. The molecule has 0 saturated carbocycles. The third-order valence-electron chi connectivity index (χ3n) is 6.30. The number of carbonyl (C=O) groups is 2. The van der Waals surface area contributed by atoms with Crippen LogP contribution in [0.2, 0.25) is 0 Å². The van der Waals surface area contributed by atoms with Crippen LogP contribution in [0.5, 0.6) is 0 Å². The number of hydrogen-bond donors (Lipinski definition) is 0. The van der Waals surface area contributed by atoms with Crippen LogP contribution in [0, 0.1) is 5.92 Å². The molecule has 3 heterocycles. The van der Waals surface area contributed by atoms with Crippen LogP contribution in [-0.4, -0.2) is 74.9 Å². The van der Waals surface area contributed by atoms with Gasteiger partial charge >= 0.3 is 0 Å². The summed E-state index contributed by atoms with van der Waals surface area (Å²) in [5.41, 5.74) is 1.66. The van der Waals surface area contributed by atoms with Crippen LogP contribution in [0.25, 0.3) is 0 Å². The van der Waals surface area contributed by atoms with Crippen LogP contribution >= 0.6 is 0 Å². The van der Waals surface area contributed by atoms with E-state index >= 15 is 0 Å². The molecule has 0 spiro atoms. The van der Waals surface area contributed by atoms with Crippen molar-refractivity contribution in [3.63, 3.8) is 0 Å². The maximum absolute atomic E-state index is 13.3. The maximum Gasteiger partial charge on any atom is 0.243 e. The predicted molar refractivity (Wildman–Crippen MR) is 112 cm³/mol. The average Bonchev–Trinajstić information content (AvgIpc) is 3.09. The fraction of sp³-hybridized carbons (Fsp3) is 0.619. The predicted octanol–water partition coefficient (Wildman–Crippen LogP) is 1.24. The fourth-order valence-electron chi connectivity index (χ4n) is 4.80. The zero-order valence-electron chi connectivity index (χ0n) is 17.5. The molecule has 2 amide bonds. The van der Waals surface area contributed by atoms with Gasteiger partial charge in [0.1, 0.15) is 0 Å². The molecule has 2 fully saturated rings. The lowest BCUT2D eigenvalue weighted by atomic mass is 9.98. The number of morpholine rings is 1. The SMILES string of the molecule is CC(=O)N1c2ccc(S(=O)(=O)N3CCC[C@H](C(=O)N4CCOCC4)C3)cc2C[C@H]1C. The summed E-state index contributed by atoms with van der Waals surface area (Å²) in [5, 5.41) is 0. The molecule has 0 radical (unpaired) electrons. The topological polar surface area (TPSA) is 87.2 Å². The minimum Gasteiger partial charge on any atom is -0.378 e. The van der Waals surface area contributed by atoms with E-state index in [1.807, 2.05) is 6.92 Å². The highest BCUT2D eigenvalue weighted by Crippen LogP contribution is 2.35. The van der Waals surface area contributed by atoms with E-state index in [0.29, 0.717) is 52.1 Å². The van der Waals surface area contributed by atoms with Crippen LogP contribution in [0.1, 0.15) is 32.3 Å². The molecule has 0 aliphatic carbocycles. The summed E-state index contributed by atoms with van der Waals surface area (Å²) in [4.78, 5) is 28.5. The van der Waals surface area contributed by atoms with E-state index in [1.54, 1.807) is 28.0 Å². The van der Waals surface area contributed by atoms with E-state index in [9.17, 15) is 18.0 Å². The summed E-state index contributed by atoms with van der Waals surface area (Å²) in [6, 6.07) is 5.02. The summed E-state index contributed by atoms with van der Waals surface area (Å²) in [7, 11) is -3.70. The molecule has 2 saturated heterocycles. The number of carbonyl (C=O) groups excluding carboxylic acids is 2. The molecule has 2 atom stereocenters. The van der Waals surface area contributed by atoms with Gasteiger partial charge in [0.2, 0.25) is 21.8 Å². The Bertz CT molecular complexity index is 942. The van der Waals surface area contributed by atoms with Crippen molar-refractivity contribution in [1.29, 1.82) is 0 Å². The van der Waals surface area contributed by atoms with Crippen molar-refractivity contribution in [1.82, 2.24) is 9.21 Å². The number of sulfonamides is 1. The number of fused-ring (bicyclic) bond motifs is 1. The molecule has 0 unspecified atom stereocenters. The molecule has 8 nitrogen and oxygen atoms in total. The number of piperidine rings is 1. The van der Waals surface area contributed by atoms with Gasteiger partial charge in [0.25, 0.3) is 0 Å². The van der Waals surface area contributed by atoms with E-state index in [4.69, 9.17) is 4.74 Å². The number of amides is 2. The normalized spacial score (nSPS) is 25.3. The molecule has 3 aliphatic heterocycles. The van der Waals surface area contributed by atoms with Gasteiger partial charge in [-0.15, -0.1) is 0 Å². The average molecular weight is 436 g/mol. The van der Waals surface area contributed by atoms with Crippen molar-refractivity contribution in [2.45, 2.75) is 44.0 Å². The van der Waals surface area contributed by atoms with Gasteiger partial charge in [-0.05, 0) is 49.9 Å². The van der Waals surface area contributed by atoms with Gasteiger partial charge in [0.05, 0.1) is 24.0 Å². The second kappa shape index (κ2) is 8.28. The lowest BCUT2D eigenvalue weighted by molar-refractivity contribution is -0.140. The monoisotopic (exact) mass is 435 g/mol. The summed E-state index contributed by atoms with van der Waals surface area (Å²) >= 11 is 0. The fourth-order valence-corrected chi connectivity index (χ4v) is 6.38. The largest absolute Gasteiger partial charge is 0.378 e. The highest BCUT2D eigenvalue weighted by molar-refractivity contribution is 7.89. The third kappa shape index (κ3) is 3.86. The zero-order chi connectivity index (χ0) is 21.5. The standard InChI is InChI=1S/C21H29N3O5S/c1-15-12-18-13-19(5-6-20(18)24(15)16(2)25)30(27,28)23-7-3-4-17(14-23)21(26)22-8-10-29-11-9-22/h5-6,13,15,17H,3-4,7-12,14H2,1-2H3/t15-,17+/m1/s1. The molecule has 3 aliphatic rings. The summed E-state index contributed by atoms with van der Waals surface area (Å²) in [5.74, 6) is -0.329. The Labute approximate surface area is 177 Å². The first-order valence-corrected chi connectivity index (χ1v) is 12.0. The van der Waals surface area contributed by atoms with Gasteiger partial charge in [0.15, 0.2) is 0 Å². The van der Waals surface area contributed by atoms with Crippen molar-refractivity contribution in [2.75, 3.05) is 44.3 Å². The molecule has 1 aromatic rings. The summed E-state index contributed by atoms with van der Waals surface area (Å²) in [6.07, 6.45) is 2.01. The Balaban J connectivity index is 1.53. The van der Waals surface area contributed by atoms with Gasteiger partial charge < -0.3 is 14.5 Å². The quantitative estimate of drug-likeness (QED) is 0.713. The molecule has 4 rings (SSSR count). The summed E-state index contributed by atoms with van der Waals surface area (Å²) < 4.78 is 33.4. The highest BCUT2D eigenvalue weighted by Gasteiger charge is 2.36. The van der Waals surface area contributed by atoms with Gasteiger partial charge in [-0.2, -0.15) is 4.31 Å². The van der Waals surface area contributed by atoms with Crippen LogP contribution in [0.3, 0.4) is 0 Å². The molecule has 9 heteroatoms. The van der Waals surface area contributed by atoms with Gasteiger partial charge in [0, 0.05) is 44.8 Å². The van der Waals surface area contributed by atoms with Gasteiger partial charge in [-0.25, -0.2) is 8.42 Å². The molecule has 164 valence electrons. The van der Waals surface area contributed by atoms with Crippen molar-refractivity contribution < 1.29 is 22.7 Å². The Morgan fingerprint density at radius 2 is 1.87 bits per heavy atom. The first kappa shape index (κ1) is 21.3. The smallest absolute Gasteiger partial charge is 0.243 e. The van der Waals surface area contributed by atoms with Crippen LogP contribution in [0.4, 0.5) is 5.69 Å². The molecular formula is C21H29N3O5S. The number of rotatable bonds is 3. The van der Waals surface area contributed by atoms with E-state index < -0.39 is 10.0 Å². The number of benzene rings is 1. The van der Waals surface area contributed by atoms with Crippen molar-refractivity contribution in [3.8, 4) is 0 Å². The summed E-state index contributed by atoms with van der Waals surface area (Å²) in [6.45, 7) is 6.32. The lowest BCUT2D eigenvalue weighted by Gasteiger charge is -2.35. The Kier molecular flexibility index (Phi) is 5.87. The van der Waals surface area contributed by atoms with Crippen molar-refractivity contribution in [3.05, 3.63) is 23.8 Å². The van der Waals surface area contributed by atoms with E-state index in [0.717, 1.165) is 11.3 Å². The van der Waals surface area contributed by atoms with Gasteiger partial charge in [-0.3, -0.25) is 9.59 Å². The second-order valence-electron chi connectivity index (χ2n) is 8.37. The third-order valence-corrected chi connectivity index (χ3v) is 8.16. The maximum atomic E-state index is 13.3.